The first-order valence-corrected chi connectivity index (χ1v) is 20.9. The number of nitrogens with one attached hydrogen (secondary N) is 1. The number of nitrogens with zero attached hydrogens (tertiary/aromatic N) is 3. The fourth-order valence-corrected chi connectivity index (χ4v) is 9.40. The molecule has 15 heteroatoms. The topological polar surface area (TPSA) is 115 Å². The number of anilines is 2. The normalized spacial score (nSPS) is 19.2. The van der Waals surface area contributed by atoms with E-state index in [9.17, 15) is 8.42 Å². The van der Waals surface area contributed by atoms with E-state index in [0.29, 0.717) is 46.2 Å². The van der Waals surface area contributed by atoms with Gasteiger partial charge in [0.1, 0.15) is 24.7 Å². The van der Waals surface area contributed by atoms with Crippen LogP contribution in [-0.4, -0.2) is 93.9 Å². The molecule has 10 nitrogen and oxygen atoms in total. The molecule has 1 aliphatic carbocycles. The Kier molecular flexibility index (Phi) is 14.1. The van der Waals surface area contributed by atoms with E-state index in [1.807, 2.05) is 60.7 Å². The first kappa shape index (κ1) is 40.7. The van der Waals surface area contributed by atoms with Crippen molar-refractivity contribution in [2.75, 3.05) is 75.5 Å². The zero-order valence-electron chi connectivity index (χ0n) is 29.6. The highest BCUT2D eigenvalue weighted by Gasteiger charge is 2.43. The number of piperazine rings is 2. The van der Waals surface area contributed by atoms with Crippen molar-refractivity contribution in [1.29, 1.82) is 0 Å². The quantitative estimate of drug-likeness (QED) is 0.136. The average molecular weight is 839 g/mol. The Bertz CT molecular complexity index is 1950. The van der Waals surface area contributed by atoms with Gasteiger partial charge in [-0.1, -0.05) is 70.7 Å². The van der Waals surface area contributed by atoms with Gasteiger partial charge in [-0.3, -0.25) is 0 Å². The second-order valence-electron chi connectivity index (χ2n) is 13.2. The van der Waals surface area contributed by atoms with Crippen LogP contribution in [0.4, 0.5) is 11.4 Å². The summed E-state index contributed by atoms with van der Waals surface area (Å²) in [6.45, 7) is 4.29. The van der Waals surface area contributed by atoms with Crippen molar-refractivity contribution in [1.82, 2.24) is 9.62 Å². The lowest BCUT2D eigenvalue weighted by Crippen LogP contribution is -2.51. The van der Waals surface area contributed by atoms with Gasteiger partial charge in [0.15, 0.2) is 0 Å². The van der Waals surface area contributed by atoms with Crippen molar-refractivity contribution >= 4 is 67.8 Å². The Morgan fingerprint density at radius 1 is 0.667 bits per heavy atom. The number of aliphatic hydroxyl groups is 2. The van der Waals surface area contributed by atoms with Crippen LogP contribution < -0.4 is 24.6 Å². The first-order chi connectivity index (χ1) is 26.1. The highest BCUT2D eigenvalue weighted by molar-refractivity contribution is 7.90. The summed E-state index contributed by atoms with van der Waals surface area (Å²) >= 11 is 25.1. The number of aliphatic hydroxyl groups excluding tert-OH is 2. The van der Waals surface area contributed by atoms with Gasteiger partial charge in [-0.25, -0.2) is 8.42 Å². The molecule has 0 amide bonds. The maximum Gasteiger partial charge on any atom is 0.217 e. The Hall–Kier alpha value is -2.97. The molecule has 0 aromatic heterocycles. The summed E-state index contributed by atoms with van der Waals surface area (Å²) < 4.78 is 38.2. The Morgan fingerprint density at radius 2 is 1.17 bits per heavy atom. The molecule has 290 valence electrons. The van der Waals surface area contributed by atoms with Crippen molar-refractivity contribution in [3.63, 3.8) is 0 Å². The molecule has 2 aliphatic heterocycles. The van der Waals surface area contributed by atoms with E-state index in [2.05, 4.69) is 27.2 Å². The second kappa shape index (κ2) is 18.8. The molecule has 0 unspecified atom stereocenters. The third-order valence-electron chi connectivity index (χ3n) is 9.58. The maximum absolute atomic E-state index is 12.9. The predicted octanol–water partition coefficient (Wildman–Crippen LogP) is 7.24. The zero-order valence-corrected chi connectivity index (χ0v) is 33.4. The minimum Gasteiger partial charge on any atom is -0.491 e. The fourth-order valence-electron chi connectivity index (χ4n) is 6.75. The summed E-state index contributed by atoms with van der Waals surface area (Å²) in [5, 5.41) is 23.5. The van der Waals surface area contributed by atoms with E-state index in [4.69, 9.17) is 66.1 Å². The van der Waals surface area contributed by atoms with Crippen molar-refractivity contribution in [3.05, 3.63) is 116 Å². The molecule has 0 radical (unpaired) electrons. The third kappa shape index (κ3) is 10.1. The number of ether oxygens (including phenoxy) is 2. The van der Waals surface area contributed by atoms with E-state index in [1.165, 1.54) is 5.56 Å². The number of benzene rings is 4. The van der Waals surface area contributed by atoms with Crippen LogP contribution in [0.2, 0.25) is 20.1 Å². The summed E-state index contributed by atoms with van der Waals surface area (Å²) in [5.41, 5.74) is 3.97. The highest BCUT2D eigenvalue weighted by Crippen LogP contribution is 2.40. The molecule has 3 N–H and O–H groups in total. The Labute approximate surface area is 337 Å². The van der Waals surface area contributed by atoms with Crippen LogP contribution in [0.3, 0.4) is 0 Å². The zero-order chi connectivity index (χ0) is 38.2. The van der Waals surface area contributed by atoms with E-state index in [0.717, 1.165) is 54.4 Å². The summed E-state index contributed by atoms with van der Waals surface area (Å²) in [5.74, 6) is 1.24. The first-order valence-electron chi connectivity index (χ1n) is 17.9. The minimum atomic E-state index is -3.27. The number of rotatable bonds is 12. The lowest BCUT2D eigenvalue weighted by Gasteiger charge is -2.43. The summed E-state index contributed by atoms with van der Waals surface area (Å²) in [6.07, 6.45) is 1.49. The molecule has 2 heterocycles. The number of hydrogen-bond donors (Lipinski definition) is 3. The highest BCUT2D eigenvalue weighted by atomic mass is 35.5. The standard InChI is InChI=1S/C21H24Cl2N2O4S.C18H20Cl2N2O2/c22-16-3-1-15(2-4-16)21-14-24(30(27,28)18-6-7-18)9-10-25(21)20-8-5-17(13-19(20)23)29-12-11-26;19-14-3-1-13(2-4-14)18-12-21-7-8-22(18)17-6-5-15(11-16(17)20)24-10-9-23/h1-5,8,13,18,21,26H,6-7,9-12,14H2;1-6,11,18,21,23H,7-10,12H2/t21-;18-/m00/s1. The van der Waals surface area contributed by atoms with Crippen LogP contribution >= 0.6 is 46.4 Å². The van der Waals surface area contributed by atoms with Crippen LogP contribution in [0.25, 0.3) is 0 Å². The molecule has 2 atom stereocenters. The molecule has 54 heavy (non-hydrogen) atoms. The van der Waals surface area contributed by atoms with Gasteiger partial charge in [0.2, 0.25) is 10.0 Å². The van der Waals surface area contributed by atoms with Crippen molar-refractivity contribution in [2.45, 2.75) is 30.2 Å². The number of halogens is 4. The van der Waals surface area contributed by atoms with Gasteiger partial charge in [-0.05, 0) is 72.5 Å². The van der Waals surface area contributed by atoms with Crippen LogP contribution in [0.1, 0.15) is 36.1 Å². The maximum atomic E-state index is 12.9. The van der Waals surface area contributed by atoms with Crippen molar-refractivity contribution in [2.24, 2.45) is 0 Å². The van der Waals surface area contributed by atoms with Crippen LogP contribution in [0.5, 0.6) is 11.5 Å². The largest absolute Gasteiger partial charge is 0.491 e. The second-order valence-corrected chi connectivity index (χ2v) is 17.1. The number of hydrogen-bond acceptors (Lipinski definition) is 9. The average Bonchev–Trinajstić information content (AvgIpc) is 4.04. The smallest absolute Gasteiger partial charge is 0.217 e. The van der Waals surface area contributed by atoms with Crippen molar-refractivity contribution < 1.29 is 28.1 Å². The van der Waals surface area contributed by atoms with E-state index in [1.54, 1.807) is 16.4 Å². The van der Waals surface area contributed by atoms with Crippen LogP contribution in [0.15, 0.2) is 84.9 Å². The molecule has 3 aliphatic rings. The van der Waals surface area contributed by atoms with Crippen LogP contribution in [-0.2, 0) is 10.0 Å². The third-order valence-corrected chi connectivity index (χ3v) is 13.1. The van der Waals surface area contributed by atoms with Crippen molar-refractivity contribution in [3.8, 4) is 11.5 Å². The molecule has 1 saturated carbocycles. The van der Waals surface area contributed by atoms with Crippen LogP contribution in [0, 0.1) is 0 Å². The van der Waals surface area contributed by atoms with Gasteiger partial charge < -0.3 is 34.8 Å². The van der Waals surface area contributed by atoms with E-state index in [-0.39, 0.29) is 43.8 Å². The lowest BCUT2D eigenvalue weighted by molar-refractivity contribution is 0.201. The molecule has 4 aromatic carbocycles. The van der Waals surface area contributed by atoms with E-state index >= 15 is 0 Å². The molecule has 0 bridgehead atoms. The SMILES string of the molecule is O=S(=O)(C1CC1)N1CCN(c2ccc(OCCO)cc2Cl)[C@H](c2ccc(Cl)cc2)C1.OCCOc1ccc(N2CCNC[C@H]2c2ccc(Cl)cc2)c(Cl)c1. The van der Waals surface area contributed by atoms with E-state index < -0.39 is 10.0 Å². The fraction of sp³-hybridized carbons (Fsp3) is 0.385. The number of sulfonamides is 1. The molecule has 2 saturated heterocycles. The molecular weight excluding hydrogens is 794 g/mol. The van der Waals surface area contributed by atoms with Gasteiger partial charge in [0, 0.05) is 61.4 Å². The summed E-state index contributed by atoms with van der Waals surface area (Å²) in [4.78, 5) is 4.44. The van der Waals surface area contributed by atoms with Gasteiger partial charge in [-0.2, -0.15) is 4.31 Å². The molecular formula is C39H44Cl4N4O6S. The lowest BCUT2D eigenvalue weighted by atomic mass is 10.0. The molecule has 3 fully saturated rings. The van der Waals surface area contributed by atoms with Gasteiger partial charge in [0.25, 0.3) is 0 Å². The van der Waals surface area contributed by atoms with Gasteiger partial charge in [-0.15, -0.1) is 0 Å². The predicted molar refractivity (Wildman–Crippen MR) is 218 cm³/mol. The molecule has 4 aromatic rings. The minimum absolute atomic E-state index is 0.0180. The monoisotopic (exact) mass is 836 g/mol. The summed E-state index contributed by atoms with van der Waals surface area (Å²) in [6, 6.07) is 26.5. The molecule has 0 spiro atoms. The van der Waals surface area contributed by atoms with Gasteiger partial charge >= 0.3 is 0 Å². The van der Waals surface area contributed by atoms with Gasteiger partial charge in [0.05, 0.1) is 52.0 Å². The Morgan fingerprint density at radius 3 is 1.65 bits per heavy atom. The summed E-state index contributed by atoms with van der Waals surface area (Å²) in [7, 11) is -3.27. The molecule has 7 rings (SSSR count). The Balaban J connectivity index is 0.000000189.